The van der Waals surface area contributed by atoms with Gasteiger partial charge in [0.1, 0.15) is 5.78 Å². The van der Waals surface area contributed by atoms with Crippen LogP contribution in [0.3, 0.4) is 0 Å². The van der Waals surface area contributed by atoms with E-state index in [1.807, 2.05) is 19.3 Å². The van der Waals surface area contributed by atoms with Crippen LogP contribution in [0, 0.1) is 5.92 Å². The van der Waals surface area contributed by atoms with Crippen molar-refractivity contribution in [3.8, 4) is 0 Å². The van der Waals surface area contributed by atoms with Crippen molar-refractivity contribution in [3.63, 3.8) is 0 Å². The minimum Gasteiger partial charge on any atom is -0.300 e. The van der Waals surface area contributed by atoms with Gasteiger partial charge in [-0.1, -0.05) is 20.8 Å². The van der Waals surface area contributed by atoms with E-state index >= 15 is 0 Å². The summed E-state index contributed by atoms with van der Waals surface area (Å²) >= 11 is 1.80. The molecule has 0 saturated heterocycles. The monoisotopic (exact) mass is 265 g/mol. The van der Waals surface area contributed by atoms with Crippen LogP contribution in [0.2, 0.25) is 0 Å². The molecule has 18 heavy (non-hydrogen) atoms. The number of Topliss-reactive ketones (excluding diaryl/α,β-unsaturated/α-hetero) is 1. The first-order chi connectivity index (χ1) is 8.61. The molecule has 0 amide bonds. The molecule has 1 rings (SSSR count). The number of aromatic nitrogens is 1. The number of thioether (sulfide) groups is 1. The molecule has 1 aromatic rings. The zero-order valence-electron chi connectivity index (χ0n) is 11.6. The second-order valence-electron chi connectivity index (χ2n) is 4.97. The quantitative estimate of drug-likeness (QED) is 0.523. The van der Waals surface area contributed by atoms with Gasteiger partial charge in [0.05, 0.1) is 0 Å². The third-order valence-electron chi connectivity index (χ3n) is 2.68. The molecule has 0 fully saturated rings. The van der Waals surface area contributed by atoms with Gasteiger partial charge in [0.15, 0.2) is 0 Å². The molecule has 1 heterocycles. The molecule has 0 aliphatic rings. The van der Waals surface area contributed by atoms with Gasteiger partial charge >= 0.3 is 0 Å². The highest BCUT2D eigenvalue weighted by atomic mass is 32.2. The van der Waals surface area contributed by atoms with Crippen LogP contribution >= 0.6 is 11.8 Å². The molecule has 0 atom stereocenters. The van der Waals surface area contributed by atoms with Gasteiger partial charge in [-0.05, 0) is 36.1 Å². The molecular formula is C15H23NOS. The molecule has 0 aliphatic heterocycles. The summed E-state index contributed by atoms with van der Waals surface area (Å²) in [5.74, 6) is 2.02. The summed E-state index contributed by atoms with van der Waals surface area (Å²) in [6, 6.07) is 2.22. The highest BCUT2D eigenvalue weighted by molar-refractivity contribution is 7.99. The average Bonchev–Trinajstić information content (AvgIpc) is 2.34. The highest BCUT2D eigenvalue weighted by Gasteiger charge is 2.02. The van der Waals surface area contributed by atoms with E-state index in [1.165, 1.54) is 10.5 Å². The van der Waals surface area contributed by atoms with E-state index in [9.17, 15) is 4.79 Å². The van der Waals surface area contributed by atoms with Crippen molar-refractivity contribution in [3.05, 3.63) is 24.0 Å². The Labute approximate surface area is 115 Å². The van der Waals surface area contributed by atoms with Crippen LogP contribution in [-0.2, 0) is 11.2 Å². The van der Waals surface area contributed by atoms with Gasteiger partial charge in [-0.25, -0.2) is 0 Å². The topological polar surface area (TPSA) is 30.0 Å². The molecule has 3 heteroatoms. The molecule has 2 nitrogen and oxygen atoms in total. The third-order valence-corrected chi connectivity index (χ3v) is 3.73. The van der Waals surface area contributed by atoms with Crippen molar-refractivity contribution in [2.24, 2.45) is 5.92 Å². The predicted octanol–water partition coefficient (Wildman–Crippen LogP) is 4.13. The van der Waals surface area contributed by atoms with Crippen LogP contribution in [0.4, 0.5) is 0 Å². The summed E-state index contributed by atoms with van der Waals surface area (Å²) in [5, 5.41) is 0. The van der Waals surface area contributed by atoms with Crippen LogP contribution in [0.15, 0.2) is 23.4 Å². The fourth-order valence-corrected chi connectivity index (χ4v) is 2.66. The molecule has 1 aromatic heterocycles. The van der Waals surface area contributed by atoms with E-state index < -0.39 is 0 Å². The van der Waals surface area contributed by atoms with E-state index in [-0.39, 0.29) is 0 Å². The molecule has 0 saturated carbocycles. The van der Waals surface area contributed by atoms with Crippen molar-refractivity contribution in [2.45, 2.75) is 51.3 Å². The molecule has 0 aromatic carbocycles. The molecule has 0 radical (unpaired) electrons. The number of hydrogen-bond donors (Lipinski definition) is 0. The first kappa shape index (κ1) is 15.2. The van der Waals surface area contributed by atoms with E-state index in [0.29, 0.717) is 24.5 Å². The summed E-state index contributed by atoms with van der Waals surface area (Å²) in [6.07, 6.45) is 7.28. The van der Waals surface area contributed by atoms with Crippen LogP contribution in [0.5, 0.6) is 0 Å². The number of ketones is 1. The number of carbonyl (C=O) groups is 1. The largest absolute Gasteiger partial charge is 0.300 e. The average molecular weight is 265 g/mol. The van der Waals surface area contributed by atoms with E-state index in [2.05, 4.69) is 24.9 Å². The van der Waals surface area contributed by atoms with Gasteiger partial charge in [0, 0.05) is 30.1 Å². The Morgan fingerprint density at radius 1 is 1.39 bits per heavy atom. The highest BCUT2D eigenvalue weighted by Crippen LogP contribution is 2.20. The number of nitrogens with zero attached hydrogens (tertiary/aromatic N) is 1. The number of carbonyl (C=O) groups excluding carboxylic acids is 1. The summed E-state index contributed by atoms with van der Waals surface area (Å²) in [5.41, 5.74) is 1.31. The normalized spacial score (nSPS) is 10.9. The Balaban J connectivity index is 2.35. The lowest BCUT2D eigenvalue weighted by Crippen LogP contribution is -1.96. The number of pyridine rings is 1. The van der Waals surface area contributed by atoms with Gasteiger partial charge in [-0.3, -0.25) is 9.78 Å². The zero-order chi connectivity index (χ0) is 13.4. The number of hydrogen-bond acceptors (Lipinski definition) is 3. The molecular weight excluding hydrogens is 242 g/mol. The lowest BCUT2D eigenvalue weighted by molar-refractivity contribution is -0.118. The Kier molecular flexibility index (Phi) is 7.02. The fourth-order valence-electron chi connectivity index (χ4n) is 1.76. The van der Waals surface area contributed by atoms with Crippen LogP contribution in [0.25, 0.3) is 0 Å². The second kappa shape index (κ2) is 8.30. The Morgan fingerprint density at radius 3 is 2.83 bits per heavy atom. The summed E-state index contributed by atoms with van der Waals surface area (Å²) < 4.78 is 0. The molecule has 0 aliphatic carbocycles. The van der Waals surface area contributed by atoms with E-state index in [1.54, 1.807) is 11.8 Å². The standard InChI is InChI=1S/C15H23NOS/c1-4-14(17)6-5-7-18-15-9-13(8-12(2)3)10-16-11-15/h9-12H,4-8H2,1-3H3. The van der Waals surface area contributed by atoms with Crippen molar-refractivity contribution in [1.82, 2.24) is 4.98 Å². The van der Waals surface area contributed by atoms with E-state index in [4.69, 9.17) is 0 Å². The van der Waals surface area contributed by atoms with Gasteiger partial charge in [0.2, 0.25) is 0 Å². The van der Waals surface area contributed by atoms with Gasteiger partial charge in [0.25, 0.3) is 0 Å². The SMILES string of the molecule is CCC(=O)CCCSc1cncc(CC(C)C)c1. The fraction of sp³-hybridized carbons (Fsp3) is 0.600. The third kappa shape index (κ3) is 6.20. The summed E-state index contributed by atoms with van der Waals surface area (Å²) in [7, 11) is 0. The molecule has 0 N–H and O–H groups in total. The molecule has 0 unspecified atom stereocenters. The van der Waals surface area contributed by atoms with Gasteiger partial charge < -0.3 is 0 Å². The Hall–Kier alpha value is -0.830. The van der Waals surface area contributed by atoms with Gasteiger partial charge in [-0.2, -0.15) is 0 Å². The minimum atomic E-state index is 0.363. The van der Waals surface area contributed by atoms with Crippen LogP contribution in [-0.4, -0.2) is 16.5 Å². The summed E-state index contributed by atoms with van der Waals surface area (Å²) in [4.78, 5) is 16.7. The predicted molar refractivity (Wildman–Crippen MR) is 78.0 cm³/mol. The van der Waals surface area contributed by atoms with Crippen LogP contribution < -0.4 is 0 Å². The zero-order valence-corrected chi connectivity index (χ0v) is 12.4. The van der Waals surface area contributed by atoms with E-state index in [0.717, 1.165) is 18.6 Å². The Morgan fingerprint density at radius 2 is 2.17 bits per heavy atom. The maximum atomic E-state index is 11.2. The number of rotatable bonds is 8. The molecule has 0 bridgehead atoms. The van der Waals surface area contributed by atoms with Crippen molar-refractivity contribution in [1.29, 1.82) is 0 Å². The summed E-state index contributed by atoms with van der Waals surface area (Å²) in [6.45, 7) is 6.36. The van der Waals surface area contributed by atoms with Crippen molar-refractivity contribution < 1.29 is 4.79 Å². The maximum absolute atomic E-state index is 11.2. The van der Waals surface area contributed by atoms with Gasteiger partial charge in [-0.15, -0.1) is 11.8 Å². The molecule has 100 valence electrons. The first-order valence-corrected chi connectivity index (χ1v) is 7.68. The lowest BCUT2D eigenvalue weighted by atomic mass is 10.1. The van der Waals surface area contributed by atoms with Crippen molar-refractivity contribution >= 4 is 17.5 Å². The minimum absolute atomic E-state index is 0.363. The molecule has 0 spiro atoms. The van der Waals surface area contributed by atoms with Crippen LogP contribution in [0.1, 0.15) is 45.6 Å². The Bertz CT molecular complexity index is 377. The van der Waals surface area contributed by atoms with Crippen molar-refractivity contribution in [2.75, 3.05) is 5.75 Å². The lowest BCUT2D eigenvalue weighted by Gasteiger charge is -2.06. The second-order valence-corrected chi connectivity index (χ2v) is 6.14. The smallest absolute Gasteiger partial charge is 0.132 e. The maximum Gasteiger partial charge on any atom is 0.132 e. The first-order valence-electron chi connectivity index (χ1n) is 6.70.